The minimum Gasteiger partial charge on any atom is -0.313 e. The molecule has 1 saturated heterocycles. The van der Waals surface area contributed by atoms with E-state index in [1.165, 1.54) is 45.2 Å². The van der Waals surface area contributed by atoms with Gasteiger partial charge in [-0.25, -0.2) is 8.42 Å². The Morgan fingerprint density at radius 2 is 1.94 bits per heavy atom. The SMILES string of the molecule is CCCN1CCC(C(C)NCCS(C)(=O)=O)CC1. The lowest BCUT2D eigenvalue weighted by Gasteiger charge is -2.35. The molecular weight excluding hydrogens is 248 g/mol. The van der Waals surface area contributed by atoms with Crippen molar-refractivity contribution in [1.82, 2.24) is 10.2 Å². The second-order valence-corrected chi connectivity index (χ2v) is 7.81. The van der Waals surface area contributed by atoms with Crippen molar-refractivity contribution < 1.29 is 8.42 Å². The van der Waals surface area contributed by atoms with Crippen molar-refractivity contribution in [2.75, 3.05) is 38.2 Å². The third-order valence-electron chi connectivity index (χ3n) is 3.82. The number of nitrogens with one attached hydrogen (secondary N) is 1. The van der Waals surface area contributed by atoms with Crippen LogP contribution in [0, 0.1) is 5.92 Å². The largest absolute Gasteiger partial charge is 0.313 e. The van der Waals surface area contributed by atoms with Crippen molar-refractivity contribution in [2.24, 2.45) is 5.92 Å². The van der Waals surface area contributed by atoms with Gasteiger partial charge in [0.2, 0.25) is 0 Å². The third kappa shape index (κ3) is 6.16. The highest BCUT2D eigenvalue weighted by atomic mass is 32.2. The predicted molar refractivity (Wildman–Crippen MR) is 76.6 cm³/mol. The number of likely N-dealkylation sites (tertiary alicyclic amines) is 1. The van der Waals surface area contributed by atoms with Crippen LogP contribution in [0.15, 0.2) is 0 Å². The highest BCUT2D eigenvalue weighted by Gasteiger charge is 2.23. The highest BCUT2D eigenvalue weighted by Crippen LogP contribution is 2.20. The fourth-order valence-electron chi connectivity index (χ4n) is 2.63. The number of nitrogens with zero attached hydrogens (tertiary/aromatic N) is 1. The molecule has 0 radical (unpaired) electrons. The predicted octanol–water partition coefficient (Wildman–Crippen LogP) is 1.13. The summed E-state index contributed by atoms with van der Waals surface area (Å²) in [5.41, 5.74) is 0. The quantitative estimate of drug-likeness (QED) is 0.757. The first kappa shape index (κ1) is 15.9. The van der Waals surface area contributed by atoms with Crippen LogP contribution in [0.4, 0.5) is 0 Å². The van der Waals surface area contributed by atoms with Gasteiger partial charge in [-0.05, 0) is 51.7 Å². The van der Waals surface area contributed by atoms with Gasteiger partial charge in [0.05, 0.1) is 5.75 Å². The second kappa shape index (κ2) is 7.46. The van der Waals surface area contributed by atoms with Gasteiger partial charge in [-0.2, -0.15) is 0 Å². The zero-order chi connectivity index (χ0) is 13.6. The zero-order valence-electron chi connectivity index (χ0n) is 12.0. The molecule has 5 heteroatoms. The molecule has 0 aromatic rings. The van der Waals surface area contributed by atoms with E-state index in [1.807, 2.05) is 0 Å². The number of hydrogen-bond donors (Lipinski definition) is 1. The standard InChI is InChI=1S/C13H28N2O2S/c1-4-8-15-9-5-13(6-10-15)12(2)14-7-11-18(3,16)17/h12-14H,4-11H2,1-3H3. The van der Waals surface area contributed by atoms with Crippen LogP contribution < -0.4 is 5.32 Å². The Bertz CT molecular complexity index is 322. The van der Waals surface area contributed by atoms with Crippen LogP contribution in [0.5, 0.6) is 0 Å². The van der Waals surface area contributed by atoms with Crippen LogP contribution in [-0.2, 0) is 9.84 Å². The van der Waals surface area contributed by atoms with E-state index in [2.05, 4.69) is 24.1 Å². The van der Waals surface area contributed by atoms with E-state index in [4.69, 9.17) is 0 Å². The smallest absolute Gasteiger partial charge is 0.148 e. The average Bonchev–Trinajstić information content (AvgIpc) is 2.28. The fourth-order valence-corrected chi connectivity index (χ4v) is 3.12. The minimum atomic E-state index is -2.84. The highest BCUT2D eigenvalue weighted by molar-refractivity contribution is 7.90. The molecule has 1 fully saturated rings. The van der Waals surface area contributed by atoms with Crippen LogP contribution in [-0.4, -0.2) is 57.5 Å². The fraction of sp³-hybridized carbons (Fsp3) is 1.00. The van der Waals surface area contributed by atoms with E-state index in [-0.39, 0.29) is 5.75 Å². The molecule has 0 amide bonds. The van der Waals surface area contributed by atoms with Crippen LogP contribution in [0.3, 0.4) is 0 Å². The van der Waals surface area contributed by atoms with Gasteiger partial charge in [-0.15, -0.1) is 0 Å². The second-order valence-electron chi connectivity index (χ2n) is 5.55. The van der Waals surface area contributed by atoms with Gasteiger partial charge < -0.3 is 10.2 Å². The Morgan fingerprint density at radius 3 is 2.44 bits per heavy atom. The molecule has 0 bridgehead atoms. The summed E-state index contributed by atoms with van der Waals surface area (Å²) in [4.78, 5) is 2.53. The topological polar surface area (TPSA) is 49.4 Å². The molecule has 1 aliphatic heterocycles. The summed E-state index contributed by atoms with van der Waals surface area (Å²) < 4.78 is 22.1. The van der Waals surface area contributed by atoms with E-state index in [9.17, 15) is 8.42 Å². The van der Waals surface area contributed by atoms with Gasteiger partial charge >= 0.3 is 0 Å². The Labute approximate surface area is 112 Å². The summed E-state index contributed by atoms with van der Waals surface area (Å²) in [5, 5.41) is 3.36. The summed E-state index contributed by atoms with van der Waals surface area (Å²) in [6.45, 7) is 8.58. The molecule has 1 rings (SSSR count). The van der Waals surface area contributed by atoms with Gasteiger partial charge in [0.1, 0.15) is 9.84 Å². The molecule has 1 unspecified atom stereocenters. The Morgan fingerprint density at radius 1 is 1.33 bits per heavy atom. The number of piperidine rings is 1. The van der Waals surface area contributed by atoms with Gasteiger partial charge in [0.15, 0.2) is 0 Å². The molecule has 0 aromatic heterocycles. The van der Waals surface area contributed by atoms with Gasteiger partial charge in [0, 0.05) is 18.8 Å². The van der Waals surface area contributed by atoms with Gasteiger partial charge in [-0.1, -0.05) is 6.92 Å². The Hall–Kier alpha value is -0.130. The molecular formula is C13H28N2O2S. The lowest BCUT2D eigenvalue weighted by atomic mass is 9.90. The molecule has 0 aromatic carbocycles. The molecule has 0 saturated carbocycles. The number of hydrogen-bond acceptors (Lipinski definition) is 4. The summed E-state index contributed by atoms with van der Waals surface area (Å²) >= 11 is 0. The van der Waals surface area contributed by atoms with Crippen molar-refractivity contribution in [2.45, 2.75) is 39.2 Å². The summed E-state index contributed by atoms with van der Waals surface area (Å²) in [6.07, 6.45) is 4.98. The summed E-state index contributed by atoms with van der Waals surface area (Å²) in [6, 6.07) is 0.426. The first-order chi connectivity index (χ1) is 8.42. The first-order valence-electron chi connectivity index (χ1n) is 7.06. The van der Waals surface area contributed by atoms with Crippen molar-refractivity contribution in [3.05, 3.63) is 0 Å². The molecule has 108 valence electrons. The van der Waals surface area contributed by atoms with Crippen LogP contribution >= 0.6 is 0 Å². The Balaban J connectivity index is 2.21. The van der Waals surface area contributed by atoms with Gasteiger partial charge in [0.25, 0.3) is 0 Å². The van der Waals surface area contributed by atoms with E-state index in [0.29, 0.717) is 18.5 Å². The third-order valence-corrected chi connectivity index (χ3v) is 4.76. The van der Waals surface area contributed by atoms with Crippen molar-refractivity contribution in [3.8, 4) is 0 Å². The molecule has 0 aliphatic carbocycles. The van der Waals surface area contributed by atoms with E-state index >= 15 is 0 Å². The van der Waals surface area contributed by atoms with Crippen molar-refractivity contribution in [1.29, 1.82) is 0 Å². The number of rotatable bonds is 7. The molecule has 1 atom stereocenters. The molecule has 1 heterocycles. The van der Waals surface area contributed by atoms with Crippen LogP contribution in [0.25, 0.3) is 0 Å². The molecule has 1 N–H and O–H groups in total. The monoisotopic (exact) mass is 276 g/mol. The van der Waals surface area contributed by atoms with Crippen LogP contribution in [0.2, 0.25) is 0 Å². The number of sulfone groups is 1. The maximum absolute atomic E-state index is 11.1. The minimum absolute atomic E-state index is 0.242. The van der Waals surface area contributed by atoms with E-state index in [0.717, 1.165) is 0 Å². The molecule has 0 spiro atoms. The lowest BCUT2D eigenvalue weighted by Crippen LogP contribution is -2.43. The molecule has 4 nitrogen and oxygen atoms in total. The lowest BCUT2D eigenvalue weighted by molar-refractivity contribution is 0.163. The van der Waals surface area contributed by atoms with E-state index in [1.54, 1.807) is 0 Å². The Kier molecular flexibility index (Phi) is 6.60. The van der Waals surface area contributed by atoms with E-state index < -0.39 is 9.84 Å². The first-order valence-corrected chi connectivity index (χ1v) is 9.12. The molecule has 18 heavy (non-hydrogen) atoms. The zero-order valence-corrected chi connectivity index (χ0v) is 12.8. The van der Waals surface area contributed by atoms with Crippen molar-refractivity contribution in [3.63, 3.8) is 0 Å². The van der Waals surface area contributed by atoms with Crippen molar-refractivity contribution >= 4 is 9.84 Å². The summed E-state index contributed by atoms with van der Waals surface area (Å²) in [7, 11) is -2.84. The summed E-state index contributed by atoms with van der Waals surface area (Å²) in [5.74, 6) is 0.934. The van der Waals surface area contributed by atoms with Gasteiger partial charge in [-0.3, -0.25) is 0 Å². The maximum atomic E-state index is 11.1. The normalized spacial score (nSPS) is 21.1. The maximum Gasteiger partial charge on any atom is 0.148 e. The van der Waals surface area contributed by atoms with Crippen LogP contribution in [0.1, 0.15) is 33.1 Å². The average molecular weight is 276 g/mol. The molecule has 1 aliphatic rings.